The minimum absolute atomic E-state index is 0.875. The molecule has 0 aromatic heterocycles. The van der Waals surface area contributed by atoms with Gasteiger partial charge in [-0.05, 0) is 63.0 Å². The van der Waals surface area contributed by atoms with Gasteiger partial charge in [-0.25, -0.2) is 0 Å². The Morgan fingerprint density at radius 1 is 0.583 bits per heavy atom. The van der Waals surface area contributed by atoms with Crippen LogP contribution >= 0.6 is 0 Å². The smallest absolute Gasteiger partial charge is 0.119 e. The second kappa shape index (κ2) is 5.89. The van der Waals surface area contributed by atoms with Crippen molar-refractivity contribution in [1.82, 2.24) is 0 Å². The summed E-state index contributed by atoms with van der Waals surface area (Å²) in [5, 5.41) is 4.79. The van der Waals surface area contributed by atoms with Crippen LogP contribution in [0.3, 0.4) is 0 Å². The largest absolute Gasteiger partial charge is 0.497 e. The van der Waals surface area contributed by atoms with Crippen LogP contribution in [-0.4, -0.2) is 14.2 Å². The van der Waals surface area contributed by atoms with Gasteiger partial charge in [-0.3, -0.25) is 0 Å². The molecule has 0 radical (unpaired) electrons. The molecule has 0 N–H and O–H groups in total. The Morgan fingerprint density at radius 3 is 2.04 bits per heavy atom. The Balaban J connectivity index is 1.92. The third kappa shape index (κ3) is 2.46. The Morgan fingerprint density at radius 2 is 1.25 bits per heavy atom. The molecule has 0 unspecified atom stereocenters. The molecule has 0 amide bonds. The van der Waals surface area contributed by atoms with E-state index in [1.807, 2.05) is 12.1 Å². The Hall–Kier alpha value is -3.00. The third-order valence-electron chi connectivity index (χ3n) is 4.45. The molecule has 0 aliphatic carbocycles. The highest BCUT2D eigenvalue weighted by molar-refractivity contribution is 5.99. The zero-order chi connectivity index (χ0) is 16.5. The fourth-order valence-corrected chi connectivity index (χ4v) is 3.15. The van der Waals surface area contributed by atoms with E-state index in [0.29, 0.717) is 0 Å². The molecule has 0 saturated carbocycles. The predicted octanol–water partition coefficient (Wildman–Crippen LogP) is 5.68. The summed E-state index contributed by atoms with van der Waals surface area (Å²) in [5.74, 6) is 1.76. The first-order valence-electron chi connectivity index (χ1n) is 7.93. The molecule has 0 heterocycles. The van der Waals surface area contributed by atoms with Gasteiger partial charge in [0.15, 0.2) is 0 Å². The van der Waals surface area contributed by atoms with E-state index in [-0.39, 0.29) is 0 Å². The van der Waals surface area contributed by atoms with Crippen LogP contribution in [0, 0.1) is 0 Å². The van der Waals surface area contributed by atoms with Gasteiger partial charge < -0.3 is 9.47 Å². The SMILES string of the molecule is COc1ccc2cc(-c3cccc4ccc(OC)cc34)ccc2c1. The molecule has 4 aromatic carbocycles. The number of fused-ring (bicyclic) bond motifs is 2. The molecule has 0 spiro atoms. The summed E-state index contributed by atoms with van der Waals surface area (Å²) in [4.78, 5) is 0. The Kier molecular flexibility index (Phi) is 3.58. The van der Waals surface area contributed by atoms with Gasteiger partial charge in [0.2, 0.25) is 0 Å². The van der Waals surface area contributed by atoms with Crippen LogP contribution in [0.15, 0.2) is 72.8 Å². The molecule has 0 fully saturated rings. The molecule has 4 aromatic rings. The van der Waals surface area contributed by atoms with Crippen molar-refractivity contribution in [1.29, 1.82) is 0 Å². The molecule has 24 heavy (non-hydrogen) atoms. The van der Waals surface area contributed by atoms with E-state index in [2.05, 4.69) is 60.7 Å². The van der Waals surface area contributed by atoms with Crippen LogP contribution in [0.1, 0.15) is 0 Å². The predicted molar refractivity (Wildman–Crippen MR) is 100.0 cm³/mol. The molecule has 0 saturated heterocycles. The highest BCUT2D eigenvalue weighted by Gasteiger charge is 2.06. The standard InChI is InChI=1S/C22H18O2/c1-23-19-11-9-16-12-18(7-6-17(16)13-19)21-5-3-4-15-8-10-20(24-2)14-22(15)21/h3-14H,1-2H3. The van der Waals surface area contributed by atoms with Crippen molar-refractivity contribution in [2.24, 2.45) is 0 Å². The van der Waals surface area contributed by atoms with E-state index in [9.17, 15) is 0 Å². The number of rotatable bonds is 3. The summed E-state index contributed by atoms with van der Waals surface area (Å²) in [5.41, 5.74) is 2.41. The van der Waals surface area contributed by atoms with Crippen molar-refractivity contribution in [2.75, 3.05) is 14.2 Å². The van der Waals surface area contributed by atoms with Gasteiger partial charge in [0, 0.05) is 0 Å². The van der Waals surface area contributed by atoms with Crippen LogP contribution in [0.2, 0.25) is 0 Å². The van der Waals surface area contributed by atoms with Crippen molar-refractivity contribution >= 4 is 21.5 Å². The number of ether oxygens (including phenoxy) is 2. The molecule has 2 heteroatoms. The van der Waals surface area contributed by atoms with E-state index < -0.39 is 0 Å². The second-order valence-electron chi connectivity index (χ2n) is 5.82. The van der Waals surface area contributed by atoms with Crippen LogP contribution in [-0.2, 0) is 0 Å². The summed E-state index contributed by atoms with van der Waals surface area (Å²) in [6.07, 6.45) is 0. The molecule has 2 nitrogen and oxygen atoms in total. The summed E-state index contributed by atoms with van der Waals surface area (Å²) in [6, 6.07) is 25.3. The molecule has 4 rings (SSSR count). The quantitative estimate of drug-likeness (QED) is 0.484. The molecular formula is C22H18O2. The lowest BCUT2D eigenvalue weighted by atomic mass is 9.96. The Labute approximate surface area is 141 Å². The molecular weight excluding hydrogens is 296 g/mol. The van der Waals surface area contributed by atoms with Gasteiger partial charge >= 0.3 is 0 Å². The van der Waals surface area contributed by atoms with Crippen molar-refractivity contribution in [3.05, 3.63) is 72.8 Å². The van der Waals surface area contributed by atoms with Crippen LogP contribution in [0.25, 0.3) is 32.7 Å². The monoisotopic (exact) mass is 314 g/mol. The zero-order valence-electron chi connectivity index (χ0n) is 13.7. The van der Waals surface area contributed by atoms with Crippen LogP contribution in [0.4, 0.5) is 0 Å². The van der Waals surface area contributed by atoms with Gasteiger partial charge in [-0.15, -0.1) is 0 Å². The van der Waals surface area contributed by atoms with Crippen LogP contribution < -0.4 is 9.47 Å². The highest BCUT2D eigenvalue weighted by atomic mass is 16.5. The molecule has 0 bridgehead atoms. The van der Waals surface area contributed by atoms with E-state index in [4.69, 9.17) is 9.47 Å². The lowest BCUT2D eigenvalue weighted by Crippen LogP contribution is -1.86. The normalized spacial score (nSPS) is 10.9. The number of hydrogen-bond donors (Lipinski definition) is 0. The first-order chi connectivity index (χ1) is 11.8. The van der Waals surface area contributed by atoms with E-state index >= 15 is 0 Å². The molecule has 0 aliphatic rings. The lowest BCUT2D eigenvalue weighted by molar-refractivity contribution is 0.415. The molecule has 0 atom stereocenters. The first kappa shape index (κ1) is 14.6. The maximum Gasteiger partial charge on any atom is 0.119 e. The van der Waals surface area contributed by atoms with Crippen molar-refractivity contribution in [2.45, 2.75) is 0 Å². The molecule has 0 aliphatic heterocycles. The second-order valence-corrected chi connectivity index (χ2v) is 5.82. The number of methoxy groups -OCH3 is 2. The van der Waals surface area contributed by atoms with Gasteiger partial charge in [0.05, 0.1) is 14.2 Å². The van der Waals surface area contributed by atoms with Gasteiger partial charge in [0.25, 0.3) is 0 Å². The third-order valence-corrected chi connectivity index (χ3v) is 4.45. The molecule has 118 valence electrons. The maximum atomic E-state index is 5.40. The summed E-state index contributed by atoms with van der Waals surface area (Å²) < 4.78 is 10.7. The van der Waals surface area contributed by atoms with Crippen molar-refractivity contribution in [3.8, 4) is 22.6 Å². The topological polar surface area (TPSA) is 18.5 Å². The minimum atomic E-state index is 0.875. The minimum Gasteiger partial charge on any atom is -0.497 e. The van der Waals surface area contributed by atoms with Gasteiger partial charge in [-0.1, -0.05) is 42.5 Å². The van der Waals surface area contributed by atoms with Crippen molar-refractivity contribution in [3.63, 3.8) is 0 Å². The average molecular weight is 314 g/mol. The summed E-state index contributed by atoms with van der Waals surface area (Å²) in [6.45, 7) is 0. The Bertz CT molecular complexity index is 1030. The van der Waals surface area contributed by atoms with Crippen molar-refractivity contribution < 1.29 is 9.47 Å². The van der Waals surface area contributed by atoms with Gasteiger partial charge in [0.1, 0.15) is 11.5 Å². The zero-order valence-corrected chi connectivity index (χ0v) is 13.7. The fraction of sp³-hybridized carbons (Fsp3) is 0.0909. The average Bonchev–Trinajstić information content (AvgIpc) is 2.66. The fourth-order valence-electron chi connectivity index (χ4n) is 3.15. The van der Waals surface area contributed by atoms with Crippen LogP contribution in [0.5, 0.6) is 11.5 Å². The summed E-state index contributed by atoms with van der Waals surface area (Å²) in [7, 11) is 3.40. The summed E-state index contributed by atoms with van der Waals surface area (Å²) >= 11 is 0. The number of hydrogen-bond acceptors (Lipinski definition) is 2. The van der Waals surface area contributed by atoms with Gasteiger partial charge in [-0.2, -0.15) is 0 Å². The van der Waals surface area contributed by atoms with E-state index in [0.717, 1.165) is 11.5 Å². The van der Waals surface area contributed by atoms with E-state index in [1.54, 1.807) is 14.2 Å². The highest BCUT2D eigenvalue weighted by Crippen LogP contribution is 2.33. The lowest BCUT2D eigenvalue weighted by Gasteiger charge is -2.10. The maximum absolute atomic E-state index is 5.40. The first-order valence-corrected chi connectivity index (χ1v) is 7.93. The van der Waals surface area contributed by atoms with E-state index in [1.165, 1.54) is 32.7 Å². The number of benzene rings is 4.